The summed E-state index contributed by atoms with van der Waals surface area (Å²) in [5.41, 5.74) is 1.04. The van der Waals surface area contributed by atoms with Crippen LogP contribution >= 0.6 is 0 Å². The van der Waals surface area contributed by atoms with Crippen molar-refractivity contribution in [3.05, 3.63) is 42.2 Å². The third-order valence-corrected chi connectivity index (χ3v) is 3.82. The number of nitrogens with zero attached hydrogens (tertiary/aromatic N) is 4. The van der Waals surface area contributed by atoms with Crippen LogP contribution in [-0.4, -0.2) is 46.1 Å². The zero-order valence-corrected chi connectivity index (χ0v) is 12.5. The summed E-state index contributed by atoms with van der Waals surface area (Å²) in [6.07, 6.45) is 4.20. The summed E-state index contributed by atoms with van der Waals surface area (Å²) in [6.45, 7) is 1.87. The average Bonchev–Trinajstić information content (AvgIpc) is 3.23. The van der Waals surface area contributed by atoms with Crippen molar-refractivity contribution in [2.24, 2.45) is 0 Å². The van der Waals surface area contributed by atoms with Gasteiger partial charge in [0.25, 0.3) is 0 Å². The topological polar surface area (TPSA) is 72.3 Å². The minimum atomic E-state index is -0.0505. The van der Waals surface area contributed by atoms with Gasteiger partial charge >= 0.3 is 6.03 Å². The summed E-state index contributed by atoms with van der Waals surface area (Å²) in [5, 5.41) is 11.2. The molecule has 1 aliphatic rings. The van der Waals surface area contributed by atoms with Gasteiger partial charge in [0, 0.05) is 19.6 Å². The molecular formula is C15H19N5O2. The number of urea groups is 1. The first-order chi connectivity index (χ1) is 10.8. The lowest BCUT2D eigenvalue weighted by Crippen LogP contribution is -2.38. The number of rotatable bonds is 4. The minimum Gasteiger partial charge on any atom is -0.497 e. The SMILES string of the molecule is COc1ccc(CNC(=O)N2CCC(n3nccn3)C2)cc1. The largest absolute Gasteiger partial charge is 0.497 e. The van der Waals surface area contributed by atoms with Crippen LogP contribution in [0, 0.1) is 0 Å². The molecule has 1 atom stereocenters. The Hall–Kier alpha value is -2.57. The van der Waals surface area contributed by atoms with Gasteiger partial charge in [0.15, 0.2) is 0 Å². The van der Waals surface area contributed by atoms with Crippen LogP contribution in [0.4, 0.5) is 4.79 Å². The summed E-state index contributed by atoms with van der Waals surface area (Å²) < 4.78 is 5.11. The predicted octanol–water partition coefficient (Wildman–Crippen LogP) is 1.44. The van der Waals surface area contributed by atoms with Crippen LogP contribution in [-0.2, 0) is 6.54 Å². The molecule has 0 radical (unpaired) electrons. The number of hydrogen-bond donors (Lipinski definition) is 1. The smallest absolute Gasteiger partial charge is 0.317 e. The van der Waals surface area contributed by atoms with Crippen LogP contribution in [0.5, 0.6) is 5.75 Å². The van der Waals surface area contributed by atoms with Gasteiger partial charge in [-0.15, -0.1) is 0 Å². The van der Waals surface area contributed by atoms with Crippen molar-refractivity contribution >= 4 is 6.03 Å². The highest BCUT2D eigenvalue weighted by atomic mass is 16.5. The lowest BCUT2D eigenvalue weighted by Gasteiger charge is -2.17. The van der Waals surface area contributed by atoms with E-state index >= 15 is 0 Å². The molecule has 0 saturated carbocycles. The molecule has 2 amide bonds. The number of benzene rings is 1. The van der Waals surface area contributed by atoms with Gasteiger partial charge in [0.1, 0.15) is 5.75 Å². The van der Waals surface area contributed by atoms with E-state index in [4.69, 9.17) is 4.74 Å². The Morgan fingerprint density at radius 1 is 1.32 bits per heavy atom. The van der Waals surface area contributed by atoms with Gasteiger partial charge in [-0.3, -0.25) is 0 Å². The summed E-state index contributed by atoms with van der Waals surface area (Å²) in [6, 6.07) is 7.78. The first-order valence-corrected chi connectivity index (χ1v) is 7.28. The Morgan fingerprint density at radius 2 is 2.05 bits per heavy atom. The molecule has 3 rings (SSSR count). The highest BCUT2D eigenvalue weighted by molar-refractivity contribution is 5.74. The molecule has 116 valence electrons. The quantitative estimate of drug-likeness (QED) is 0.927. The Kier molecular flexibility index (Phi) is 4.22. The van der Waals surface area contributed by atoms with Gasteiger partial charge in [0.05, 0.1) is 25.5 Å². The molecular weight excluding hydrogens is 282 g/mol. The van der Waals surface area contributed by atoms with Crippen molar-refractivity contribution in [1.29, 1.82) is 0 Å². The number of likely N-dealkylation sites (tertiary alicyclic amines) is 1. The first-order valence-electron chi connectivity index (χ1n) is 7.28. The van der Waals surface area contributed by atoms with Crippen molar-refractivity contribution in [2.75, 3.05) is 20.2 Å². The summed E-state index contributed by atoms with van der Waals surface area (Å²) in [5.74, 6) is 0.809. The van der Waals surface area contributed by atoms with E-state index in [0.29, 0.717) is 13.1 Å². The first kappa shape index (κ1) is 14.4. The van der Waals surface area contributed by atoms with Gasteiger partial charge in [-0.05, 0) is 24.1 Å². The van der Waals surface area contributed by atoms with Gasteiger partial charge in [-0.1, -0.05) is 12.1 Å². The van der Waals surface area contributed by atoms with Crippen LogP contribution in [0.25, 0.3) is 0 Å². The number of methoxy groups -OCH3 is 1. The van der Waals surface area contributed by atoms with E-state index in [9.17, 15) is 4.79 Å². The second-order valence-electron chi connectivity index (χ2n) is 5.24. The molecule has 1 aromatic heterocycles. The molecule has 1 aromatic carbocycles. The lowest BCUT2D eigenvalue weighted by molar-refractivity contribution is 0.206. The number of carbonyl (C=O) groups excluding carboxylic acids is 1. The van der Waals surface area contributed by atoms with E-state index in [1.165, 1.54) is 0 Å². The van der Waals surface area contributed by atoms with Crippen molar-refractivity contribution in [3.8, 4) is 5.75 Å². The number of amides is 2. The summed E-state index contributed by atoms with van der Waals surface area (Å²) in [7, 11) is 1.63. The summed E-state index contributed by atoms with van der Waals surface area (Å²) >= 11 is 0. The monoisotopic (exact) mass is 301 g/mol. The fraction of sp³-hybridized carbons (Fsp3) is 0.400. The highest BCUT2D eigenvalue weighted by Crippen LogP contribution is 2.19. The molecule has 0 aliphatic carbocycles. The minimum absolute atomic E-state index is 0.0505. The Bertz CT molecular complexity index is 611. The maximum Gasteiger partial charge on any atom is 0.317 e. The molecule has 0 bridgehead atoms. The number of carbonyl (C=O) groups is 1. The van der Waals surface area contributed by atoms with E-state index in [2.05, 4.69) is 15.5 Å². The Labute approximate surface area is 128 Å². The zero-order chi connectivity index (χ0) is 15.4. The van der Waals surface area contributed by atoms with Gasteiger partial charge < -0.3 is 15.0 Å². The maximum absolute atomic E-state index is 12.2. The highest BCUT2D eigenvalue weighted by Gasteiger charge is 2.28. The van der Waals surface area contributed by atoms with Gasteiger partial charge in [-0.2, -0.15) is 15.0 Å². The van der Waals surface area contributed by atoms with E-state index in [1.807, 2.05) is 24.3 Å². The lowest BCUT2D eigenvalue weighted by atomic mass is 10.2. The van der Waals surface area contributed by atoms with Crippen LogP contribution in [0.15, 0.2) is 36.7 Å². The van der Waals surface area contributed by atoms with Crippen molar-refractivity contribution < 1.29 is 9.53 Å². The number of ether oxygens (including phenoxy) is 1. The fourth-order valence-corrected chi connectivity index (χ4v) is 2.56. The van der Waals surface area contributed by atoms with Crippen LogP contribution < -0.4 is 10.1 Å². The number of nitrogens with one attached hydrogen (secondary N) is 1. The molecule has 2 aromatic rings. The molecule has 1 saturated heterocycles. The van der Waals surface area contributed by atoms with Crippen molar-refractivity contribution in [1.82, 2.24) is 25.2 Å². The van der Waals surface area contributed by atoms with Gasteiger partial charge in [0.2, 0.25) is 0 Å². The van der Waals surface area contributed by atoms with Crippen LogP contribution in [0.1, 0.15) is 18.0 Å². The maximum atomic E-state index is 12.2. The van der Waals surface area contributed by atoms with E-state index in [1.54, 1.807) is 29.2 Å². The summed E-state index contributed by atoms with van der Waals surface area (Å²) in [4.78, 5) is 15.7. The molecule has 0 spiro atoms. The molecule has 7 heteroatoms. The zero-order valence-electron chi connectivity index (χ0n) is 12.5. The molecule has 1 unspecified atom stereocenters. The molecule has 1 fully saturated rings. The standard InChI is InChI=1S/C15H19N5O2/c1-22-14-4-2-12(3-5-14)10-16-15(21)19-9-6-13(11-19)20-17-7-8-18-20/h2-5,7-8,13H,6,9-11H2,1H3,(H,16,21). The molecule has 2 heterocycles. The van der Waals surface area contributed by atoms with Gasteiger partial charge in [-0.25, -0.2) is 4.79 Å². The van der Waals surface area contributed by atoms with Crippen molar-refractivity contribution in [3.63, 3.8) is 0 Å². The van der Waals surface area contributed by atoms with Crippen molar-refractivity contribution in [2.45, 2.75) is 19.0 Å². The second-order valence-corrected chi connectivity index (χ2v) is 5.24. The third-order valence-electron chi connectivity index (χ3n) is 3.82. The Morgan fingerprint density at radius 3 is 2.73 bits per heavy atom. The normalized spacial score (nSPS) is 17.5. The van der Waals surface area contributed by atoms with E-state index in [0.717, 1.165) is 24.3 Å². The molecule has 7 nitrogen and oxygen atoms in total. The fourth-order valence-electron chi connectivity index (χ4n) is 2.56. The van der Waals surface area contributed by atoms with E-state index < -0.39 is 0 Å². The predicted molar refractivity (Wildman–Crippen MR) is 80.5 cm³/mol. The average molecular weight is 301 g/mol. The van der Waals surface area contributed by atoms with E-state index in [-0.39, 0.29) is 12.1 Å². The molecule has 22 heavy (non-hydrogen) atoms. The van der Waals surface area contributed by atoms with Crippen LogP contribution in [0.2, 0.25) is 0 Å². The third kappa shape index (κ3) is 3.19. The Balaban J connectivity index is 1.50. The molecule has 1 N–H and O–H groups in total. The molecule has 1 aliphatic heterocycles. The second kappa shape index (κ2) is 6.46. The number of hydrogen-bond acceptors (Lipinski definition) is 4. The van der Waals surface area contributed by atoms with Crippen LogP contribution in [0.3, 0.4) is 0 Å². The number of aromatic nitrogens is 3.